The summed E-state index contributed by atoms with van der Waals surface area (Å²) in [5, 5.41) is 2.80. The number of para-hydroxylation sites is 1. The quantitative estimate of drug-likeness (QED) is 0.887. The minimum Gasteiger partial charge on any atom is -0.497 e. The number of anilines is 1. The zero-order chi connectivity index (χ0) is 16.8. The Bertz CT molecular complexity index is 699. The lowest BCUT2D eigenvalue weighted by molar-refractivity contribution is 0.102. The topological polar surface area (TPSA) is 66.0 Å². The first kappa shape index (κ1) is 16.5. The summed E-state index contributed by atoms with van der Waals surface area (Å²) in [6.07, 6.45) is 0. The Morgan fingerprint density at radius 1 is 0.870 bits per heavy atom. The third-order valence-corrected chi connectivity index (χ3v) is 3.30. The van der Waals surface area contributed by atoms with E-state index in [4.69, 9.17) is 18.9 Å². The zero-order valence-electron chi connectivity index (χ0n) is 13.5. The van der Waals surface area contributed by atoms with Crippen molar-refractivity contribution >= 4 is 11.6 Å². The van der Waals surface area contributed by atoms with Crippen molar-refractivity contribution in [1.29, 1.82) is 0 Å². The summed E-state index contributed by atoms with van der Waals surface area (Å²) in [5.74, 6) is 1.65. The van der Waals surface area contributed by atoms with Gasteiger partial charge in [0.05, 0.1) is 39.7 Å². The van der Waals surface area contributed by atoms with E-state index >= 15 is 0 Å². The highest BCUT2D eigenvalue weighted by Gasteiger charge is 2.18. The lowest BCUT2D eigenvalue weighted by Crippen LogP contribution is -2.14. The van der Waals surface area contributed by atoms with Gasteiger partial charge in [0.2, 0.25) is 0 Å². The predicted octanol–water partition coefficient (Wildman–Crippen LogP) is 2.97. The monoisotopic (exact) mass is 317 g/mol. The molecule has 2 rings (SSSR count). The van der Waals surface area contributed by atoms with Gasteiger partial charge >= 0.3 is 0 Å². The van der Waals surface area contributed by atoms with Crippen molar-refractivity contribution in [2.75, 3.05) is 33.8 Å². The standard InChI is InChI=1S/C17H19NO5/c1-20-11-8-9-14(21-2)13(10-11)18-17(19)12-6-5-7-15(22-3)16(12)23-4/h5-10H,1-4H3,(H,18,19). The van der Waals surface area contributed by atoms with E-state index in [1.54, 1.807) is 43.5 Å². The van der Waals surface area contributed by atoms with E-state index in [9.17, 15) is 4.79 Å². The molecule has 0 aliphatic heterocycles. The summed E-state index contributed by atoms with van der Waals surface area (Å²) in [7, 11) is 6.09. The Balaban J connectivity index is 2.36. The molecule has 0 aliphatic carbocycles. The molecule has 0 heterocycles. The number of nitrogens with one attached hydrogen (secondary N) is 1. The Morgan fingerprint density at radius 3 is 2.22 bits per heavy atom. The van der Waals surface area contributed by atoms with Gasteiger partial charge in [-0.1, -0.05) is 6.07 Å². The molecule has 0 atom stereocenters. The molecule has 0 spiro atoms. The average Bonchev–Trinajstić information content (AvgIpc) is 2.60. The van der Waals surface area contributed by atoms with Crippen LogP contribution in [0.15, 0.2) is 36.4 Å². The summed E-state index contributed by atoms with van der Waals surface area (Å²) < 4.78 is 20.9. The maximum Gasteiger partial charge on any atom is 0.259 e. The SMILES string of the molecule is COc1ccc(OC)c(NC(=O)c2cccc(OC)c2OC)c1. The highest BCUT2D eigenvalue weighted by molar-refractivity contribution is 6.07. The molecule has 1 N–H and O–H groups in total. The Morgan fingerprint density at radius 2 is 1.61 bits per heavy atom. The molecular weight excluding hydrogens is 298 g/mol. The first-order valence-corrected chi connectivity index (χ1v) is 6.89. The highest BCUT2D eigenvalue weighted by atomic mass is 16.5. The van der Waals surface area contributed by atoms with Gasteiger partial charge in [0.1, 0.15) is 11.5 Å². The number of benzene rings is 2. The third kappa shape index (κ3) is 3.48. The van der Waals surface area contributed by atoms with Crippen molar-refractivity contribution in [1.82, 2.24) is 0 Å². The fourth-order valence-corrected chi connectivity index (χ4v) is 2.17. The van der Waals surface area contributed by atoms with E-state index in [2.05, 4.69) is 5.32 Å². The van der Waals surface area contributed by atoms with Crippen LogP contribution in [0.1, 0.15) is 10.4 Å². The third-order valence-electron chi connectivity index (χ3n) is 3.30. The molecule has 0 saturated carbocycles. The molecule has 2 aromatic carbocycles. The van der Waals surface area contributed by atoms with Gasteiger partial charge in [-0.25, -0.2) is 0 Å². The first-order chi connectivity index (χ1) is 11.1. The number of carbonyl (C=O) groups excluding carboxylic acids is 1. The number of ether oxygens (including phenoxy) is 4. The van der Waals surface area contributed by atoms with Gasteiger partial charge in [0.15, 0.2) is 11.5 Å². The molecule has 0 unspecified atom stereocenters. The van der Waals surface area contributed by atoms with Crippen molar-refractivity contribution in [3.8, 4) is 23.0 Å². The average molecular weight is 317 g/mol. The molecular formula is C17H19NO5. The Labute approximate surface area is 134 Å². The highest BCUT2D eigenvalue weighted by Crippen LogP contribution is 2.33. The smallest absolute Gasteiger partial charge is 0.259 e. The largest absolute Gasteiger partial charge is 0.497 e. The van der Waals surface area contributed by atoms with Crippen LogP contribution in [-0.2, 0) is 0 Å². The van der Waals surface area contributed by atoms with Crippen molar-refractivity contribution in [3.05, 3.63) is 42.0 Å². The van der Waals surface area contributed by atoms with Gasteiger partial charge in [0, 0.05) is 6.07 Å². The summed E-state index contributed by atoms with van der Waals surface area (Å²) in [6.45, 7) is 0. The van der Waals surface area contributed by atoms with Gasteiger partial charge in [-0.15, -0.1) is 0 Å². The summed E-state index contributed by atoms with van der Waals surface area (Å²) >= 11 is 0. The number of hydrogen-bond acceptors (Lipinski definition) is 5. The molecule has 0 saturated heterocycles. The molecule has 0 bridgehead atoms. The van der Waals surface area contributed by atoms with Gasteiger partial charge in [-0.05, 0) is 24.3 Å². The van der Waals surface area contributed by atoms with Crippen molar-refractivity contribution in [2.24, 2.45) is 0 Å². The molecule has 1 amide bonds. The molecule has 0 aromatic heterocycles. The second-order valence-electron chi connectivity index (χ2n) is 4.56. The lowest BCUT2D eigenvalue weighted by atomic mass is 10.1. The Kier molecular flexibility index (Phi) is 5.30. The summed E-state index contributed by atoms with van der Waals surface area (Å²) in [5.41, 5.74) is 0.860. The molecule has 0 radical (unpaired) electrons. The van der Waals surface area contributed by atoms with Gasteiger partial charge in [-0.3, -0.25) is 4.79 Å². The zero-order valence-corrected chi connectivity index (χ0v) is 13.5. The van der Waals surface area contributed by atoms with Crippen molar-refractivity contribution in [2.45, 2.75) is 0 Å². The molecule has 2 aromatic rings. The Hall–Kier alpha value is -2.89. The van der Waals surface area contributed by atoms with E-state index in [-0.39, 0.29) is 5.91 Å². The van der Waals surface area contributed by atoms with Crippen LogP contribution >= 0.6 is 0 Å². The lowest BCUT2D eigenvalue weighted by Gasteiger charge is -2.14. The van der Waals surface area contributed by atoms with Crippen LogP contribution in [0.5, 0.6) is 23.0 Å². The van der Waals surface area contributed by atoms with E-state index in [1.165, 1.54) is 21.3 Å². The molecule has 6 heteroatoms. The van der Waals surface area contributed by atoms with Crippen LogP contribution in [0.2, 0.25) is 0 Å². The minimum absolute atomic E-state index is 0.340. The maximum atomic E-state index is 12.6. The number of rotatable bonds is 6. The number of amides is 1. The summed E-state index contributed by atoms with van der Waals surface area (Å²) in [4.78, 5) is 12.6. The van der Waals surface area contributed by atoms with E-state index in [0.29, 0.717) is 34.2 Å². The number of hydrogen-bond donors (Lipinski definition) is 1. The fourth-order valence-electron chi connectivity index (χ4n) is 2.17. The van der Waals surface area contributed by atoms with Crippen molar-refractivity contribution in [3.63, 3.8) is 0 Å². The second kappa shape index (κ2) is 7.40. The first-order valence-electron chi connectivity index (χ1n) is 6.89. The fraction of sp³-hybridized carbons (Fsp3) is 0.235. The van der Waals surface area contributed by atoms with Gasteiger partial charge in [-0.2, -0.15) is 0 Å². The summed E-state index contributed by atoms with van der Waals surface area (Å²) in [6, 6.07) is 10.3. The van der Waals surface area contributed by atoms with Crippen LogP contribution < -0.4 is 24.3 Å². The van der Waals surface area contributed by atoms with Gasteiger partial charge < -0.3 is 24.3 Å². The van der Waals surface area contributed by atoms with Crippen molar-refractivity contribution < 1.29 is 23.7 Å². The molecule has 6 nitrogen and oxygen atoms in total. The van der Waals surface area contributed by atoms with Crippen LogP contribution in [0.3, 0.4) is 0 Å². The van der Waals surface area contributed by atoms with E-state index < -0.39 is 0 Å². The van der Waals surface area contributed by atoms with E-state index in [0.717, 1.165) is 0 Å². The molecule has 0 fully saturated rings. The van der Waals surface area contributed by atoms with Crippen LogP contribution in [0, 0.1) is 0 Å². The normalized spacial score (nSPS) is 9.91. The maximum absolute atomic E-state index is 12.6. The predicted molar refractivity (Wildman–Crippen MR) is 87.0 cm³/mol. The van der Waals surface area contributed by atoms with Crippen LogP contribution in [-0.4, -0.2) is 34.3 Å². The van der Waals surface area contributed by atoms with E-state index in [1.807, 2.05) is 0 Å². The van der Waals surface area contributed by atoms with Gasteiger partial charge in [0.25, 0.3) is 5.91 Å². The number of methoxy groups -OCH3 is 4. The molecule has 122 valence electrons. The molecule has 23 heavy (non-hydrogen) atoms. The van der Waals surface area contributed by atoms with Crippen LogP contribution in [0.4, 0.5) is 5.69 Å². The van der Waals surface area contributed by atoms with Crippen LogP contribution in [0.25, 0.3) is 0 Å². The number of carbonyl (C=O) groups is 1. The minimum atomic E-state index is -0.340. The second-order valence-corrected chi connectivity index (χ2v) is 4.56. The molecule has 0 aliphatic rings.